The molecule has 0 radical (unpaired) electrons. The van der Waals surface area contributed by atoms with Crippen molar-refractivity contribution in [1.29, 1.82) is 0 Å². The van der Waals surface area contributed by atoms with Crippen molar-refractivity contribution in [2.24, 2.45) is 0 Å². The molecule has 0 aliphatic rings. The lowest BCUT2D eigenvalue weighted by atomic mass is 10.0. The molecule has 0 aliphatic carbocycles. The third-order valence-electron chi connectivity index (χ3n) is 10.7. The minimum atomic E-state index is 0.590. The van der Waals surface area contributed by atoms with E-state index in [-0.39, 0.29) is 0 Å². The highest BCUT2D eigenvalue weighted by molar-refractivity contribution is 6.11. The Morgan fingerprint density at radius 3 is 1.59 bits per heavy atom. The van der Waals surface area contributed by atoms with Crippen LogP contribution in [0, 0.1) is 0 Å². The van der Waals surface area contributed by atoms with E-state index in [1.807, 2.05) is 60.7 Å². The Morgan fingerprint density at radius 2 is 0.839 bits per heavy atom. The van der Waals surface area contributed by atoms with Crippen LogP contribution >= 0.6 is 0 Å². The lowest BCUT2D eigenvalue weighted by Gasteiger charge is -2.16. The van der Waals surface area contributed by atoms with Crippen molar-refractivity contribution in [3.05, 3.63) is 194 Å². The molecule has 0 atom stereocenters. The van der Waals surface area contributed by atoms with E-state index < -0.39 is 0 Å². The first-order valence-electron chi connectivity index (χ1n) is 18.8. The van der Waals surface area contributed by atoms with E-state index in [0.29, 0.717) is 17.5 Å². The van der Waals surface area contributed by atoms with E-state index in [0.717, 1.165) is 66.5 Å². The Morgan fingerprint density at radius 1 is 0.321 bits per heavy atom. The predicted molar refractivity (Wildman–Crippen MR) is 229 cm³/mol. The van der Waals surface area contributed by atoms with Gasteiger partial charge in [0.15, 0.2) is 17.5 Å². The first-order chi connectivity index (χ1) is 27.7. The molecule has 11 rings (SSSR count). The summed E-state index contributed by atoms with van der Waals surface area (Å²) in [5.74, 6) is 1.79. The van der Waals surface area contributed by atoms with Gasteiger partial charge < -0.3 is 8.98 Å². The molecule has 0 saturated heterocycles. The molecular weight excluding hydrogens is 685 g/mol. The summed E-state index contributed by atoms with van der Waals surface area (Å²) in [6.45, 7) is 0. The monoisotopic (exact) mass is 716 g/mol. The molecule has 0 saturated carbocycles. The van der Waals surface area contributed by atoms with E-state index in [4.69, 9.17) is 19.4 Å². The number of hydrogen-bond donors (Lipinski definition) is 0. The van der Waals surface area contributed by atoms with E-state index in [9.17, 15) is 0 Å². The van der Waals surface area contributed by atoms with Gasteiger partial charge in [-0.25, -0.2) is 15.0 Å². The summed E-state index contributed by atoms with van der Waals surface area (Å²) in [5.41, 5.74) is 12.2. The summed E-state index contributed by atoms with van der Waals surface area (Å²) in [7, 11) is 0. The zero-order chi connectivity index (χ0) is 37.0. The first-order valence-corrected chi connectivity index (χ1v) is 18.8. The van der Waals surface area contributed by atoms with Crippen LogP contribution in [0.25, 0.3) is 106 Å². The van der Waals surface area contributed by atoms with Crippen LogP contribution in [0.3, 0.4) is 0 Å². The Balaban J connectivity index is 1.18. The Bertz CT molecular complexity index is 3240. The molecule has 5 heteroatoms. The van der Waals surface area contributed by atoms with Gasteiger partial charge >= 0.3 is 0 Å². The molecule has 0 spiro atoms. The summed E-state index contributed by atoms with van der Waals surface area (Å²) in [6.07, 6.45) is 0. The second kappa shape index (κ2) is 13.0. The normalized spacial score (nSPS) is 11.6. The standard InChI is InChI=1S/C51H32N4O/c1-4-14-33(15-5-1)36-25-28-45-42(30-36)39-20-10-12-22-44(39)55(45)46-32-37(34-16-6-2-7-17-34)24-27-41(46)51-53-49(35-18-8-3-9-19-35)52-50(54-51)38-26-29-48-43(31-38)40-21-11-13-23-47(40)56-48/h1-32H. The van der Waals surface area contributed by atoms with Crippen LogP contribution in [0.4, 0.5) is 0 Å². The van der Waals surface area contributed by atoms with E-state index in [1.54, 1.807) is 0 Å². The van der Waals surface area contributed by atoms with Crippen molar-refractivity contribution in [1.82, 2.24) is 19.5 Å². The van der Waals surface area contributed by atoms with Gasteiger partial charge in [0.25, 0.3) is 0 Å². The Hall–Kier alpha value is -7.63. The van der Waals surface area contributed by atoms with E-state index >= 15 is 0 Å². The molecule has 3 heterocycles. The highest BCUT2D eigenvalue weighted by Gasteiger charge is 2.21. The topological polar surface area (TPSA) is 56.7 Å². The van der Waals surface area contributed by atoms with Crippen LogP contribution < -0.4 is 0 Å². The molecule has 56 heavy (non-hydrogen) atoms. The molecule has 8 aromatic carbocycles. The molecule has 0 fully saturated rings. The number of furan rings is 1. The third-order valence-corrected chi connectivity index (χ3v) is 10.7. The lowest BCUT2D eigenvalue weighted by Crippen LogP contribution is -2.04. The van der Waals surface area contributed by atoms with Crippen molar-refractivity contribution >= 4 is 43.7 Å². The number of benzene rings is 8. The van der Waals surface area contributed by atoms with Crippen LogP contribution in [0.15, 0.2) is 199 Å². The largest absolute Gasteiger partial charge is 0.456 e. The zero-order valence-corrected chi connectivity index (χ0v) is 30.2. The third kappa shape index (κ3) is 5.37. The molecule has 3 aromatic heterocycles. The number of aromatic nitrogens is 4. The van der Waals surface area contributed by atoms with Crippen LogP contribution in [-0.4, -0.2) is 19.5 Å². The minimum absolute atomic E-state index is 0.590. The van der Waals surface area contributed by atoms with E-state index in [2.05, 4.69) is 138 Å². The fourth-order valence-electron chi connectivity index (χ4n) is 7.97. The average Bonchev–Trinajstić information content (AvgIpc) is 3.82. The first kappa shape index (κ1) is 31.9. The molecule has 262 valence electrons. The maximum atomic E-state index is 6.18. The fraction of sp³-hybridized carbons (Fsp3) is 0. The molecule has 0 amide bonds. The molecule has 0 bridgehead atoms. The number of nitrogens with zero attached hydrogens (tertiary/aromatic N) is 4. The maximum Gasteiger partial charge on any atom is 0.166 e. The van der Waals surface area contributed by atoms with Gasteiger partial charge in [-0.1, -0.05) is 140 Å². The zero-order valence-electron chi connectivity index (χ0n) is 30.2. The van der Waals surface area contributed by atoms with Crippen LogP contribution in [0.1, 0.15) is 0 Å². The average molecular weight is 717 g/mol. The predicted octanol–water partition coefficient (Wildman–Crippen LogP) is 13.2. The van der Waals surface area contributed by atoms with Crippen molar-refractivity contribution < 1.29 is 4.42 Å². The van der Waals surface area contributed by atoms with Crippen LogP contribution in [-0.2, 0) is 0 Å². The quantitative estimate of drug-likeness (QED) is 0.172. The second-order valence-corrected chi connectivity index (χ2v) is 14.0. The van der Waals surface area contributed by atoms with Crippen LogP contribution in [0.2, 0.25) is 0 Å². The minimum Gasteiger partial charge on any atom is -0.456 e. The van der Waals surface area contributed by atoms with Gasteiger partial charge in [-0.05, 0) is 76.9 Å². The molecule has 0 unspecified atom stereocenters. The van der Waals surface area contributed by atoms with Gasteiger partial charge in [-0.15, -0.1) is 0 Å². The number of rotatable bonds is 6. The van der Waals surface area contributed by atoms with Crippen molar-refractivity contribution in [3.8, 4) is 62.1 Å². The molecule has 0 aliphatic heterocycles. The maximum absolute atomic E-state index is 6.18. The molecular formula is C51H32N4O. The van der Waals surface area contributed by atoms with Gasteiger partial charge in [0.05, 0.1) is 16.7 Å². The summed E-state index contributed by atoms with van der Waals surface area (Å²) >= 11 is 0. The number of hydrogen-bond acceptors (Lipinski definition) is 4. The highest BCUT2D eigenvalue weighted by atomic mass is 16.3. The number of fused-ring (bicyclic) bond motifs is 6. The Labute approximate surface area is 322 Å². The number of para-hydroxylation sites is 2. The molecule has 5 nitrogen and oxygen atoms in total. The Kier molecular flexibility index (Phi) is 7.42. The van der Waals surface area contributed by atoms with Crippen molar-refractivity contribution in [3.63, 3.8) is 0 Å². The summed E-state index contributed by atoms with van der Waals surface area (Å²) in [4.78, 5) is 15.6. The van der Waals surface area contributed by atoms with Gasteiger partial charge in [-0.3, -0.25) is 0 Å². The van der Waals surface area contributed by atoms with Gasteiger partial charge in [0, 0.05) is 38.2 Å². The summed E-state index contributed by atoms with van der Waals surface area (Å²) in [5, 5.41) is 4.44. The summed E-state index contributed by atoms with van der Waals surface area (Å²) in [6, 6.07) is 67.6. The smallest absolute Gasteiger partial charge is 0.166 e. The van der Waals surface area contributed by atoms with Gasteiger partial charge in [0.2, 0.25) is 0 Å². The van der Waals surface area contributed by atoms with Gasteiger partial charge in [-0.2, -0.15) is 0 Å². The summed E-state index contributed by atoms with van der Waals surface area (Å²) < 4.78 is 8.55. The second-order valence-electron chi connectivity index (χ2n) is 14.0. The van der Waals surface area contributed by atoms with E-state index in [1.165, 1.54) is 21.9 Å². The van der Waals surface area contributed by atoms with Gasteiger partial charge in [0.1, 0.15) is 11.2 Å². The lowest BCUT2D eigenvalue weighted by molar-refractivity contribution is 0.669. The highest BCUT2D eigenvalue weighted by Crippen LogP contribution is 2.40. The van der Waals surface area contributed by atoms with Crippen molar-refractivity contribution in [2.75, 3.05) is 0 Å². The SMILES string of the molecule is c1ccc(-c2ccc(-c3nc(-c4ccccc4)nc(-c4ccc5oc6ccccc6c5c4)n3)c(-n3c4ccccc4c4cc(-c5ccccc5)ccc43)c2)cc1. The molecule has 0 N–H and O–H groups in total. The van der Waals surface area contributed by atoms with Crippen LogP contribution in [0.5, 0.6) is 0 Å². The fourth-order valence-corrected chi connectivity index (χ4v) is 7.97. The molecule has 11 aromatic rings. The van der Waals surface area contributed by atoms with Crippen molar-refractivity contribution in [2.45, 2.75) is 0 Å².